The molecule has 0 heterocycles. The van der Waals surface area contributed by atoms with E-state index in [4.69, 9.17) is 0 Å². The van der Waals surface area contributed by atoms with Gasteiger partial charge in [0.15, 0.2) is 5.78 Å². The van der Waals surface area contributed by atoms with Crippen LogP contribution in [-0.2, 0) is 4.79 Å². The Morgan fingerprint density at radius 1 is 1.47 bits per heavy atom. The quantitative estimate of drug-likeness (QED) is 0.597. The van der Waals surface area contributed by atoms with Crippen molar-refractivity contribution in [3.8, 4) is 0 Å². The molecule has 0 aromatic rings. The molecule has 2 rings (SSSR count). The maximum absolute atomic E-state index is 11.4. The van der Waals surface area contributed by atoms with Crippen LogP contribution in [0.3, 0.4) is 0 Å². The lowest BCUT2D eigenvalue weighted by Gasteiger charge is -2.47. The van der Waals surface area contributed by atoms with Crippen LogP contribution >= 0.6 is 0 Å². The fourth-order valence-corrected chi connectivity index (χ4v) is 3.19. The van der Waals surface area contributed by atoms with Gasteiger partial charge < -0.3 is 0 Å². The Hall–Kier alpha value is -0.850. The Labute approximate surface area is 92.3 Å². The molecule has 1 heteroatoms. The maximum Gasteiger partial charge on any atom is 0.155 e. The minimum atomic E-state index is 0.199. The minimum Gasteiger partial charge on any atom is -0.295 e. The van der Waals surface area contributed by atoms with Crippen molar-refractivity contribution >= 4 is 5.78 Å². The zero-order valence-electron chi connectivity index (χ0n) is 9.75. The van der Waals surface area contributed by atoms with Gasteiger partial charge in [0.2, 0.25) is 0 Å². The standard InChI is InChI=1S/C14H20O/c1-4-14(3)10(2)5-6-11-9-12(15)7-8-13(11)14/h4,9-10,13H,1,5-8H2,2-3H3/t10-,13+,14+/m1/s1. The van der Waals surface area contributed by atoms with E-state index in [0.717, 1.165) is 19.3 Å². The molecule has 0 amide bonds. The first-order chi connectivity index (χ1) is 7.08. The SMILES string of the molecule is C=C[C@@]1(C)[C@H](C)CCC2=CC(=O)CC[C@@H]21. The predicted molar refractivity (Wildman–Crippen MR) is 62.5 cm³/mol. The lowest BCUT2D eigenvalue weighted by Crippen LogP contribution is -2.39. The number of fused-ring (bicyclic) bond motifs is 1. The topological polar surface area (TPSA) is 17.1 Å². The number of allylic oxidation sites excluding steroid dienone is 3. The number of carbonyl (C=O) groups excluding carboxylic acids is 1. The van der Waals surface area contributed by atoms with E-state index in [1.165, 1.54) is 12.0 Å². The molecule has 0 aromatic heterocycles. The van der Waals surface area contributed by atoms with Crippen LogP contribution in [0.15, 0.2) is 24.3 Å². The fourth-order valence-electron chi connectivity index (χ4n) is 3.19. The number of hydrogen-bond donors (Lipinski definition) is 0. The molecule has 2 aliphatic carbocycles. The summed E-state index contributed by atoms with van der Waals surface area (Å²) in [5.41, 5.74) is 1.58. The van der Waals surface area contributed by atoms with Crippen LogP contribution in [-0.4, -0.2) is 5.78 Å². The van der Waals surface area contributed by atoms with Crippen molar-refractivity contribution in [3.05, 3.63) is 24.3 Å². The van der Waals surface area contributed by atoms with E-state index in [2.05, 4.69) is 26.5 Å². The second-order valence-corrected chi connectivity index (χ2v) is 5.29. The molecule has 0 N–H and O–H groups in total. The van der Waals surface area contributed by atoms with E-state index >= 15 is 0 Å². The lowest BCUT2D eigenvalue weighted by atomic mass is 9.57. The van der Waals surface area contributed by atoms with Crippen molar-refractivity contribution < 1.29 is 4.79 Å². The van der Waals surface area contributed by atoms with Crippen LogP contribution in [0.5, 0.6) is 0 Å². The molecule has 3 atom stereocenters. The maximum atomic E-state index is 11.4. The molecule has 82 valence electrons. The zero-order valence-corrected chi connectivity index (χ0v) is 9.75. The molecule has 2 aliphatic rings. The van der Waals surface area contributed by atoms with Gasteiger partial charge in [-0.2, -0.15) is 0 Å². The number of rotatable bonds is 1. The van der Waals surface area contributed by atoms with Crippen molar-refractivity contribution in [1.29, 1.82) is 0 Å². The Morgan fingerprint density at radius 2 is 2.20 bits per heavy atom. The second-order valence-electron chi connectivity index (χ2n) is 5.29. The largest absolute Gasteiger partial charge is 0.295 e. The van der Waals surface area contributed by atoms with Crippen molar-refractivity contribution in [2.45, 2.75) is 39.5 Å². The minimum absolute atomic E-state index is 0.199. The molecule has 0 bridgehead atoms. The first-order valence-electron chi connectivity index (χ1n) is 5.95. The Balaban J connectivity index is 2.36. The smallest absolute Gasteiger partial charge is 0.155 e. The molecule has 0 unspecified atom stereocenters. The first kappa shape index (κ1) is 10.7. The molecule has 0 spiro atoms. The highest BCUT2D eigenvalue weighted by molar-refractivity contribution is 5.91. The Morgan fingerprint density at radius 3 is 2.87 bits per heavy atom. The van der Waals surface area contributed by atoms with Crippen LogP contribution in [0.2, 0.25) is 0 Å². The van der Waals surface area contributed by atoms with Crippen LogP contribution in [0.1, 0.15) is 39.5 Å². The third-order valence-corrected chi connectivity index (χ3v) is 4.59. The highest BCUT2D eigenvalue weighted by Crippen LogP contribution is 2.51. The summed E-state index contributed by atoms with van der Waals surface area (Å²) < 4.78 is 0. The average Bonchev–Trinajstić information content (AvgIpc) is 2.23. The molecule has 0 aliphatic heterocycles. The summed E-state index contributed by atoms with van der Waals surface area (Å²) in [6.45, 7) is 8.62. The summed E-state index contributed by atoms with van der Waals surface area (Å²) in [4.78, 5) is 11.4. The Bertz CT molecular complexity index is 326. The molecule has 15 heavy (non-hydrogen) atoms. The van der Waals surface area contributed by atoms with E-state index in [9.17, 15) is 4.79 Å². The van der Waals surface area contributed by atoms with Gasteiger partial charge in [0.05, 0.1) is 0 Å². The summed E-state index contributed by atoms with van der Waals surface area (Å²) in [6, 6.07) is 0. The van der Waals surface area contributed by atoms with Gasteiger partial charge in [-0.3, -0.25) is 4.79 Å². The van der Waals surface area contributed by atoms with Gasteiger partial charge in [0.1, 0.15) is 0 Å². The molecular weight excluding hydrogens is 184 g/mol. The summed E-state index contributed by atoms with van der Waals surface area (Å²) >= 11 is 0. The Kier molecular flexibility index (Phi) is 2.57. The second kappa shape index (κ2) is 3.62. The summed E-state index contributed by atoms with van der Waals surface area (Å²) in [5.74, 6) is 1.57. The van der Waals surface area contributed by atoms with Gasteiger partial charge in [0.25, 0.3) is 0 Å². The summed E-state index contributed by atoms with van der Waals surface area (Å²) in [6.07, 6.45) is 8.08. The molecule has 1 fully saturated rings. The third-order valence-electron chi connectivity index (χ3n) is 4.59. The number of carbonyl (C=O) groups is 1. The fraction of sp³-hybridized carbons (Fsp3) is 0.643. The van der Waals surface area contributed by atoms with Gasteiger partial charge in [-0.15, -0.1) is 6.58 Å². The molecule has 0 radical (unpaired) electrons. The third kappa shape index (κ3) is 1.58. The van der Waals surface area contributed by atoms with Crippen LogP contribution < -0.4 is 0 Å². The number of hydrogen-bond acceptors (Lipinski definition) is 1. The van der Waals surface area contributed by atoms with Crippen molar-refractivity contribution in [3.63, 3.8) is 0 Å². The van der Waals surface area contributed by atoms with Crippen LogP contribution in [0.25, 0.3) is 0 Å². The van der Waals surface area contributed by atoms with Gasteiger partial charge in [-0.25, -0.2) is 0 Å². The van der Waals surface area contributed by atoms with E-state index in [1.54, 1.807) is 0 Å². The van der Waals surface area contributed by atoms with E-state index in [-0.39, 0.29) is 5.41 Å². The van der Waals surface area contributed by atoms with Crippen molar-refractivity contribution in [2.24, 2.45) is 17.3 Å². The van der Waals surface area contributed by atoms with Crippen LogP contribution in [0.4, 0.5) is 0 Å². The van der Waals surface area contributed by atoms with E-state index in [0.29, 0.717) is 17.6 Å². The van der Waals surface area contributed by atoms with E-state index < -0.39 is 0 Å². The van der Waals surface area contributed by atoms with Gasteiger partial charge >= 0.3 is 0 Å². The van der Waals surface area contributed by atoms with Crippen molar-refractivity contribution in [2.75, 3.05) is 0 Å². The highest BCUT2D eigenvalue weighted by Gasteiger charge is 2.43. The molecule has 0 aromatic carbocycles. The van der Waals surface area contributed by atoms with Gasteiger partial charge in [-0.05, 0) is 42.6 Å². The highest BCUT2D eigenvalue weighted by atomic mass is 16.1. The molecule has 1 saturated carbocycles. The van der Waals surface area contributed by atoms with Gasteiger partial charge in [-0.1, -0.05) is 25.5 Å². The summed E-state index contributed by atoms with van der Waals surface area (Å²) in [5, 5.41) is 0. The van der Waals surface area contributed by atoms with E-state index in [1.807, 2.05) is 6.08 Å². The zero-order chi connectivity index (χ0) is 11.1. The lowest BCUT2D eigenvalue weighted by molar-refractivity contribution is -0.115. The normalized spacial score (nSPS) is 40.7. The monoisotopic (exact) mass is 204 g/mol. The van der Waals surface area contributed by atoms with Crippen LogP contribution in [0, 0.1) is 17.3 Å². The first-order valence-corrected chi connectivity index (χ1v) is 5.95. The van der Waals surface area contributed by atoms with Crippen molar-refractivity contribution in [1.82, 2.24) is 0 Å². The van der Waals surface area contributed by atoms with Gasteiger partial charge in [0, 0.05) is 6.42 Å². The molecular formula is C14H20O. The average molecular weight is 204 g/mol. The number of ketones is 1. The summed E-state index contributed by atoms with van der Waals surface area (Å²) in [7, 11) is 0. The molecule has 0 saturated heterocycles. The molecule has 1 nitrogen and oxygen atoms in total. The predicted octanol–water partition coefficient (Wildman–Crippen LogP) is 3.51.